The van der Waals surface area contributed by atoms with E-state index in [1.54, 1.807) is 56.4 Å². The van der Waals surface area contributed by atoms with Gasteiger partial charge in [0.2, 0.25) is 5.91 Å². The summed E-state index contributed by atoms with van der Waals surface area (Å²) in [6, 6.07) is 30.9. The van der Waals surface area contributed by atoms with Crippen LogP contribution in [0.2, 0.25) is 0 Å². The third-order valence-corrected chi connectivity index (χ3v) is 8.52. The van der Waals surface area contributed by atoms with E-state index < -0.39 is 11.6 Å². The fraction of sp³-hybridized carbons (Fsp3) is 0.0600. The van der Waals surface area contributed by atoms with Crippen LogP contribution in [0, 0.1) is 0 Å². The molecule has 0 aliphatic carbocycles. The number of allylic oxidation sites excluding steroid dienone is 10. The van der Waals surface area contributed by atoms with Gasteiger partial charge >= 0.3 is 12.1 Å². The van der Waals surface area contributed by atoms with Crippen molar-refractivity contribution in [2.75, 3.05) is 21.3 Å². The molecule has 0 aromatic heterocycles. The van der Waals surface area contributed by atoms with Crippen molar-refractivity contribution in [3.05, 3.63) is 223 Å². The molecule has 4 aromatic carbocycles. The molecule has 0 heterocycles. The second-order valence-corrected chi connectivity index (χ2v) is 13.7. The quantitative estimate of drug-likeness (QED) is 0.0395. The van der Waals surface area contributed by atoms with Crippen LogP contribution < -0.4 is 37.6 Å². The summed E-state index contributed by atoms with van der Waals surface area (Å²) in [4.78, 5) is 38.7. The van der Waals surface area contributed by atoms with Crippen LogP contribution in [0.1, 0.15) is 30.5 Å². The second-order valence-electron chi connectivity index (χ2n) is 13.7. The lowest BCUT2D eigenvalue weighted by Crippen LogP contribution is -2.47. The van der Waals surface area contributed by atoms with Gasteiger partial charge in [-0.15, -0.1) is 0 Å². The van der Waals surface area contributed by atoms with Crippen LogP contribution in [0.4, 0.5) is 32.3 Å². The van der Waals surface area contributed by atoms with E-state index >= 15 is 0 Å². The number of anilines is 4. The predicted octanol–water partition coefficient (Wildman–Crippen LogP) is 10.9. The Morgan fingerprint density at radius 3 is 1.58 bits per heavy atom. The minimum Gasteiger partial charge on any atom is -0.399 e. The molecule has 0 radical (unpaired) electrons. The van der Waals surface area contributed by atoms with E-state index in [1.165, 1.54) is 12.2 Å². The predicted molar refractivity (Wildman–Crippen MR) is 252 cm³/mol. The van der Waals surface area contributed by atoms with Crippen LogP contribution in [0.25, 0.3) is 18.2 Å². The molecule has 0 unspecified atom stereocenters. The van der Waals surface area contributed by atoms with E-state index in [1.807, 2.05) is 121 Å². The van der Waals surface area contributed by atoms with Crippen LogP contribution in [-0.2, 0) is 4.79 Å². The van der Waals surface area contributed by atoms with Crippen molar-refractivity contribution >= 4 is 58.9 Å². The number of urea groups is 2. The van der Waals surface area contributed by atoms with Gasteiger partial charge in [-0.25, -0.2) is 9.59 Å². The molecule has 60 heavy (non-hydrogen) atoms. The van der Waals surface area contributed by atoms with Crippen LogP contribution in [0.3, 0.4) is 0 Å². The minimum atomic E-state index is -1.03. The van der Waals surface area contributed by atoms with E-state index in [0.29, 0.717) is 34.2 Å². The van der Waals surface area contributed by atoms with Crippen LogP contribution >= 0.6 is 0 Å². The van der Waals surface area contributed by atoms with Gasteiger partial charge in [-0.05, 0) is 115 Å². The number of para-hydroxylation sites is 1. The highest BCUT2D eigenvalue weighted by Crippen LogP contribution is 2.20. The molecular weight excluding hydrogens is 747 g/mol. The zero-order chi connectivity index (χ0) is 43.3. The number of amides is 5. The van der Waals surface area contributed by atoms with E-state index in [9.17, 15) is 14.4 Å². The van der Waals surface area contributed by atoms with E-state index in [2.05, 4.69) is 58.2 Å². The Kier molecular flexibility index (Phi) is 16.8. The van der Waals surface area contributed by atoms with Crippen LogP contribution in [0.5, 0.6) is 0 Å². The summed E-state index contributed by atoms with van der Waals surface area (Å²) >= 11 is 0. The normalized spacial score (nSPS) is 12.3. The molecule has 0 aliphatic rings. The Hall–Kier alpha value is -8.11. The first kappa shape index (κ1) is 44.6. The summed E-state index contributed by atoms with van der Waals surface area (Å²) in [6.45, 7) is 18.6. The zero-order valence-corrected chi connectivity index (χ0v) is 33.9. The Labute approximate surface area is 352 Å². The Bertz CT molecular complexity index is 2350. The summed E-state index contributed by atoms with van der Waals surface area (Å²) in [5.74, 6) is -0.318. The number of carbonyl (C=O) groups is 3. The Balaban J connectivity index is 1.29. The highest BCUT2D eigenvalue weighted by molar-refractivity contribution is 5.99. The lowest BCUT2D eigenvalue weighted by molar-refractivity contribution is -0.123. The van der Waals surface area contributed by atoms with Gasteiger partial charge in [-0.3, -0.25) is 4.79 Å². The number of benzene rings is 4. The largest absolute Gasteiger partial charge is 0.399 e. The fourth-order valence-corrected chi connectivity index (χ4v) is 5.25. The van der Waals surface area contributed by atoms with Gasteiger partial charge in [0, 0.05) is 39.8 Å². The molecule has 0 atom stereocenters. The topological polar surface area (TPSA) is 149 Å². The second kappa shape index (κ2) is 22.6. The first-order valence-corrected chi connectivity index (χ1v) is 19.0. The maximum atomic E-state index is 13.5. The number of hydrogen-bond donors (Lipinski definition) is 7. The summed E-state index contributed by atoms with van der Waals surface area (Å²) in [5, 5.41) is 17.4. The van der Waals surface area contributed by atoms with E-state index in [4.69, 9.17) is 5.73 Å². The standard InChI is InChI=1S/C50H51N7O3/c1-7-14-46(35-41(10-4)53-48(59)55-43-29-22-37(23-30-43)18-17-36(8-2)21-28-40(51)9-3)52-47(58)50(5,6)57-45-33-26-39(27-34-45)20-19-38-24-31-44(32-25-38)56-49(60)54-42-15-12-11-13-16-42/h7-35,57H,1-4,51H2,5-6H3,(H,52,58)(H2,53,55,59)(H2,54,56,60)/b18-17+,20-19+,36-21+,40-28+,41-35+,46-14+. The smallest absolute Gasteiger partial charge is 0.323 e. The third kappa shape index (κ3) is 15.1. The Morgan fingerprint density at radius 2 is 1.07 bits per heavy atom. The molecule has 4 aromatic rings. The molecule has 304 valence electrons. The maximum Gasteiger partial charge on any atom is 0.323 e. The van der Waals surface area contributed by atoms with Gasteiger partial charge in [0.05, 0.1) is 0 Å². The van der Waals surface area contributed by atoms with Gasteiger partial charge < -0.3 is 37.6 Å². The van der Waals surface area contributed by atoms with E-state index in [0.717, 1.165) is 28.0 Å². The molecule has 10 heteroatoms. The first-order valence-electron chi connectivity index (χ1n) is 19.0. The van der Waals surface area contributed by atoms with Crippen LogP contribution in [0.15, 0.2) is 207 Å². The number of carbonyl (C=O) groups excluding carboxylic acids is 3. The van der Waals surface area contributed by atoms with Crippen LogP contribution in [-0.4, -0.2) is 23.5 Å². The van der Waals surface area contributed by atoms with Gasteiger partial charge in [0.1, 0.15) is 5.54 Å². The van der Waals surface area contributed by atoms with Crippen molar-refractivity contribution in [3.8, 4) is 0 Å². The van der Waals surface area contributed by atoms with E-state index in [-0.39, 0.29) is 11.9 Å². The summed E-state index contributed by atoms with van der Waals surface area (Å²) in [7, 11) is 0. The molecule has 10 nitrogen and oxygen atoms in total. The number of hydrogen-bond acceptors (Lipinski definition) is 5. The van der Waals surface area contributed by atoms with Gasteiger partial charge in [-0.1, -0.05) is 123 Å². The van der Waals surface area contributed by atoms with Gasteiger partial charge in [0.15, 0.2) is 0 Å². The van der Waals surface area contributed by atoms with Gasteiger partial charge in [-0.2, -0.15) is 0 Å². The average Bonchev–Trinajstić information content (AvgIpc) is 3.24. The maximum absolute atomic E-state index is 13.5. The lowest BCUT2D eigenvalue weighted by Gasteiger charge is -2.27. The first-order chi connectivity index (χ1) is 28.9. The summed E-state index contributed by atoms with van der Waals surface area (Å²) in [6.07, 6.45) is 20.9. The molecule has 0 spiro atoms. The fourth-order valence-electron chi connectivity index (χ4n) is 5.25. The molecule has 8 N–H and O–H groups in total. The minimum absolute atomic E-state index is 0.317. The molecule has 0 saturated carbocycles. The van der Waals surface area contributed by atoms with Crippen molar-refractivity contribution in [1.82, 2.24) is 10.6 Å². The van der Waals surface area contributed by atoms with Crippen molar-refractivity contribution < 1.29 is 14.4 Å². The highest BCUT2D eigenvalue weighted by Gasteiger charge is 2.27. The molecule has 0 bridgehead atoms. The van der Waals surface area contributed by atoms with Crippen molar-refractivity contribution in [3.63, 3.8) is 0 Å². The summed E-state index contributed by atoms with van der Waals surface area (Å²) in [5.41, 5.74) is 12.4. The molecule has 0 aliphatic heterocycles. The SMILES string of the molecule is C=C/C=C(\C=C(/C=C)NC(=O)Nc1ccc(/C=C/C(C=C)=C/C=C(/N)C=C)cc1)NC(=O)C(C)(C)Nc1ccc(/C=C/c2ccc(NC(=O)Nc3ccccc3)cc2)cc1. The molecule has 0 fully saturated rings. The highest BCUT2D eigenvalue weighted by atomic mass is 16.2. The van der Waals surface area contributed by atoms with Crippen molar-refractivity contribution in [2.24, 2.45) is 5.73 Å². The number of nitrogens with two attached hydrogens (primary N) is 1. The molecule has 0 saturated heterocycles. The molecule has 4 rings (SSSR count). The van der Waals surface area contributed by atoms with Crippen molar-refractivity contribution in [2.45, 2.75) is 19.4 Å². The lowest BCUT2D eigenvalue weighted by atomic mass is 10.0. The number of nitrogens with one attached hydrogen (secondary N) is 6. The molecular formula is C50H51N7O3. The van der Waals surface area contributed by atoms with Crippen molar-refractivity contribution in [1.29, 1.82) is 0 Å². The van der Waals surface area contributed by atoms with Gasteiger partial charge in [0.25, 0.3) is 0 Å². The third-order valence-electron chi connectivity index (χ3n) is 8.52. The monoisotopic (exact) mass is 797 g/mol. The number of rotatable bonds is 18. The zero-order valence-electron chi connectivity index (χ0n) is 33.9. The molecule has 5 amide bonds. The summed E-state index contributed by atoms with van der Waals surface area (Å²) < 4.78 is 0. The average molecular weight is 798 g/mol. The Morgan fingerprint density at radius 1 is 0.550 bits per heavy atom.